The minimum atomic E-state index is -0.591. The van der Waals surface area contributed by atoms with E-state index in [0.717, 1.165) is 18.4 Å². The van der Waals surface area contributed by atoms with Gasteiger partial charge in [-0.3, -0.25) is 4.79 Å². The molecule has 96 valence electrons. The van der Waals surface area contributed by atoms with Gasteiger partial charge in [0, 0.05) is 0 Å². The van der Waals surface area contributed by atoms with Gasteiger partial charge in [0.1, 0.15) is 5.41 Å². The summed E-state index contributed by atoms with van der Waals surface area (Å²) in [6, 6.07) is 9.90. The maximum Gasteiger partial charge on any atom is 0.318 e. The van der Waals surface area contributed by atoms with Crippen molar-refractivity contribution in [1.29, 1.82) is 0 Å². The third-order valence-electron chi connectivity index (χ3n) is 3.41. The third kappa shape index (κ3) is 2.24. The summed E-state index contributed by atoms with van der Waals surface area (Å²) in [6.07, 6.45) is 5.84. The van der Waals surface area contributed by atoms with Crippen molar-refractivity contribution >= 4 is 21.9 Å². The van der Waals surface area contributed by atoms with Crippen LogP contribution in [0.5, 0.6) is 0 Å². The topological polar surface area (TPSA) is 26.3 Å². The van der Waals surface area contributed by atoms with E-state index in [0.29, 0.717) is 6.61 Å². The molecule has 0 spiro atoms. The largest absolute Gasteiger partial charge is 0.465 e. The lowest BCUT2D eigenvalue weighted by atomic mass is 9.71. The maximum absolute atomic E-state index is 12.4. The van der Waals surface area contributed by atoms with Crippen LogP contribution in [0.1, 0.15) is 25.3 Å². The highest BCUT2D eigenvalue weighted by Crippen LogP contribution is 2.41. The van der Waals surface area contributed by atoms with Crippen LogP contribution >= 0.6 is 15.9 Å². The Morgan fingerprint density at radius 2 is 2.17 bits per heavy atom. The number of ether oxygens (including phenoxy) is 1. The van der Waals surface area contributed by atoms with E-state index in [1.165, 1.54) is 0 Å². The molecule has 0 aliphatic heterocycles. The van der Waals surface area contributed by atoms with Crippen LogP contribution in [0.4, 0.5) is 0 Å². The quantitative estimate of drug-likeness (QED) is 0.484. The first kappa shape index (κ1) is 13.3. The summed E-state index contributed by atoms with van der Waals surface area (Å²) in [7, 11) is 0. The summed E-state index contributed by atoms with van der Waals surface area (Å²) >= 11 is 3.63. The Morgan fingerprint density at radius 1 is 1.44 bits per heavy atom. The zero-order valence-electron chi connectivity index (χ0n) is 10.4. The Balaban J connectivity index is 2.46. The number of esters is 1. The standard InChI is InChI=1S/C15H17BrO2/c1-2-18-14(17)15(11-7-6-10-13(15)16)12-8-4-3-5-9-12/h3-6,8-10,13H,2,7,11H2,1H3. The molecule has 1 aromatic carbocycles. The van der Waals surface area contributed by atoms with E-state index in [1.54, 1.807) is 0 Å². The predicted molar refractivity (Wildman–Crippen MR) is 75.8 cm³/mol. The Morgan fingerprint density at radius 3 is 2.78 bits per heavy atom. The molecule has 2 unspecified atom stereocenters. The first-order valence-corrected chi connectivity index (χ1v) is 7.17. The van der Waals surface area contributed by atoms with Gasteiger partial charge in [-0.15, -0.1) is 0 Å². The molecule has 3 heteroatoms. The number of alkyl halides is 1. The van der Waals surface area contributed by atoms with Crippen LogP contribution in [0.15, 0.2) is 42.5 Å². The van der Waals surface area contributed by atoms with Gasteiger partial charge in [0.05, 0.1) is 11.4 Å². The lowest BCUT2D eigenvalue weighted by Gasteiger charge is -2.37. The molecule has 2 nitrogen and oxygen atoms in total. The number of hydrogen-bond donors (Lipinski definition) is 0. The van der Waals surface area contributed by atoms with Gasteiger partial charge in [-0.2, -0.15) is 0 Å². The average Bonchev–Trinajstić information content (AvgIpc) is 2.41. The molecule has 0 amide bonds. The number of benzene rings is 1. The second kappa shape index (κ2) is 5.70. The monoisotopic (exact) mass is 308 g/mol. The summed E-state index contributed by atoms with van der Waals surface area (Å²) in [5.74, 6) is -0.137. The van der Waals surface area contributed by atoms with Crippen molar-refractivity contribution in [1.82, 2.24) is 0 Å². The molecule has 0 radical (unpaired) electrons. The van der Waals surface area contributed by atoms with Gasteiger partial charge < -0.3 is 4.74 Å². The SMILES string of the molecule is CCOC(=O)C1(c2ccccc2)CCC=CC1Br. The maximum atomic E-state index is 12.4. The Hall–Kier alpha value is -1.09. The van der Waals surface area contributed by atoms with E-state index < -0.39 is 5.41 Å². The lowest BCUT2D eigenvalue weighted by Crippen LogP contribution is -2.45. The van der Waals surface area contributed by atoms with Crippen molar-refractivity contribution in [2.24, 2.45) is 0 Å². The molecule has 2 rings (SSSR count). The molecule has 1 aliphatic carbocycles. The van der Waals surface area contributed by atoms with E-state index in [2.05, 4.69) is 22.0 Å². The molecule has 1 aliphatic rings. The van der Waals surface area contributed by atoms with Crippen LogP contribution in [-0.4, -0.2) is 17.4 Å². The Labute approximate surface area is 116 Å². The van der Waals surface area contributed by atoms with E-state index >= 15 is 0 Å². The van der Waals surface area contributed by atoms with E-state index in [1.807, 2.05) is 43.3 Å². The molecule has 0 N–H and O–H groups in total. The van der Waals surface area contributed by atoms with Gasteiger partial charge >= 0.3 is 5.97 Å². The van der Waals surface area contributed by atoms with Gasteiger partial charge in [-0.1, -0.05) is 58.4 Å². The Kier molecular flexibility index (Phi) is 4.23. The van der Waals surface area contributed by atoms with Crippen molar-refractivity contribution < 1.29 is 9.53 Å². The van der Waals surface area contributed by atoms with Gasteiger partial charge in [-0.05, 0) is 25.3 Å². The molecule has 0 aromatic heterocycles. The Bertz CT molecular complexity index is 441. The van der Waals surface area contributed by atoms with E-state index in [-0.39, 0.29) is 10.8 Å². The second-order valence-corrected chi connectivity index (χ2v) is 5.41. The van der Waals surface area contributed by atoms with E-state index in [9.17, 15) is 4.79 Å². The fourth-order valence-corrected chi connectivity index (χ4v) is 3.36. The molecule has 2 atom stereocenters. The summed E-state index contributed by atoms with van der Waals surface area (Å²) in [6.45, 7) is 2.26. The summed E-state index contributed by atoms with van der Waals surface area (Å²) in [5.41, 5.74) is 0.432. The van der Waals surface area contributed by atoms with Crippen LogP contribution in [0.3, 0.4) is 0 Å². The zero-order valence-corrected chi connectivity index (χ0v) is 12.0. The van der Waals surface area contributed by atoms with Crippen LogP contribution in [0, 0.1) is 0 Å². The van der Waals surface area contributed by atoms with Gasteiger partial charge in [-0.25, -0.2) is 0 Å². The molecule has 0 bridgehead atoms. The highest BCUT2D eigenvalue weighted by Gasteiger charge is 2.47. The normalized spacial score (nSPS) is 26.9. The number of hydrogen-bond acceptors (Lipinski definition) is 2. The van der Waals surface area contributed by atoms with Crippen molar-refractivity contribution in [3.8, 4) is 0 Å². The van der Waals surface area contributed by atoms with Crippen LogP contribution < -0.4 is 0 Å². The highest BCUT2D eigenvalue weighted by atomic mass is 79.9. The minimum Gasteiger partial charge on any atom is -0.465 e. The minimum absolute atomic E-state index is 0.0137. The fraction of sp³-hybridized carbons (Fsp3) is 0.400. The molecular formula is C15H17BrO2. The molecule has 1 aromatic rings. The zero-order chi connectivity index (χ0) is 13.0. The predicted octanol–water partition coefficient (Wildman–Crippen LogP) is 3.60. The smallest absolute Gasteiger partial charge is 0.318 e. The number of allylic oxidation sites excluding steroid dienone is 2. The number of halogens is 1. The summed E-state index contributed by atoms with van der Waals surface area (Å²) in [5, 5.41) is 0. The van der Waals surface area contributed by atoms with E-state index in [4.69, 9.17) is 4.74 Å². The third-order valence-corrected chi connectivity index (χ3v) is 4.50. The summed E-state index contributed by atoms with van der Waals surface area (Å²) in [4.78, 5) is 12.4. The first-order chi connectivity index (χ1) is 8.71. The van der Waals surface area contributed by atoms with Crippen molar-refractivity contribution in [2.75, 3.05) is 6.61 Å². The second-order valence-electron chi connectivity index (χ2n) is 4.43. The van der Waals surface area contributed by atoms with Gasteiger partial charge in [0.25, 0.3) is 0 Å². The molecule has 0 heterocycles. The number of rotatable bonds is 3. The fourth-order valence-electron chi connectivity index (χ4n) is 2.46. The van der Waals surface area contributed by atoms with Crippen molar-refractivity contribution in [2.45, 2.75) is 30.0 Å². The molecule has 18 heavy (non-hydrogen) atoms. The summed E-state index contributed by atoms with van der Waals surface area (Å²) < 4.78 is 5.31. The molecule has 0 fully saturated rings. The number of carbonyl (C=O) groups excluding carboxylic acids is 1. The molecular weight excluding hydrogens is 292 g/mol. The molecule has 0 saturated carbocycles. The van der Waals surface area contributed by atoms with Crippen LogP contribution in [0.25, 0.3) is 0 Å². The van der Waals surface area contributed by atoms with Crippen molar-refractivity contribution in [3.05, 3.63) is 48.0 Å². The molecule has 0 saturated heterocycles. The van der Waals surface area contributed by atoms with Gasteiger partial charge in [0.2, 0.25) is 0 Å². The highest BCUT2D eigenvalue weighted by molar-refractivity contribution is 9.09. The number of carbonyl (C=O) groups is 1. The average molecular weight is 309 g/mol. The van der Waals surface area contributed by atoms with Crippen LogP contribution in [0.2, 0.25) is 0 Å². The van der Waals surface area contributed by atoms with Crippen LogP contribution in [-0.2, 0) is 14.9 Å². The van der Waals surface area contributed by atoms with Gasteiger partial charge in [0.15, 0.2) is 0 Å². The van der Waals surface area contributed by atoms with Crippen molar-refractivity contribution in [3.63, 3.8) is 0 Å². The lowest BCUT2D eigenvalue weighted by molar-refractivity contribution is -0.150. The first-order valence-electron chi connectivity index (χ1n) is 6.25.